The van der Waals surface area contributed by atoms with Gasteiger partial charge in [0.05, 0.1) is 11.9 Å². The van der Waals surface area contributed by atoms with Crippen molar-refractivity contribution in [3.63, 3.8) is 0 Å². The van der Waals surface area contributed by atoms with Gasteiger partial charge >= 0.3 is 6.03 Å². The molecule has 2 amide bonds. The second kappa shape index (κ2) is 5.03. The second-order valence-corrected chi connectivity index (χ2v) is 4.57. The molecule has 0 aromatic carbocycles. The molecule has 1 fully saturated rings. The molecule has 0 spiro atoms. The number of hydrogen-bond donors (Lipinski definition) is 2. The first kappa shape index (κ1) is 11.7. The third-order valence-corrected chi connectivity index (χ3v) is 3.11. The van der Waals surface area contributed by atoms with E-state index < -0.39 is 0 Å². The summed E-state index contributed by atoms with van der Waals surface area (Å²) in [5.41, 5.74) is 6.16. The van der Waals surface area contributed by atoms with E-state index in [0.717, 1.165) is 31.8 Å². The lowest BCUT2D eigenvalue weighted by atomic mass is 10.00. The number of likely N-dealkylation sites (tertiary alicyclic amines) is 1. The van der Waals surface area contributed by atoms with Crippen LogP contribution in [0.15, 0.2) is 18.3 Å². The third-order valence-electron chi connectivity index (χ3n) is 3.11. The number of pyridine rings is 1. The average Bonchev–Trinajstić information content (AvgIpc) is 2.33. The quantitative estimate of drug-likeness (QED) is 0.780. The highest BCUT2D eigenvalue weighted by atomic mass is 16.2. The molecule has 5 nitrogen and oxygen atoms in total. The minimum absolute atomic E-state index is 0.0523. The maximum atomic E-state index is 11.9. The van der Waals surface area contributed by atoms with Crippen LogP contribution in [0.5, 0.6) is 0 Å². The van der Waals surface area contributed by atoms with Gasteiger partial charge in [-0.15, -0.1) is 0 Å². The van der Waals surface area contributed by atoms with Gasteiger partial charge < -0.3 is 16.0 Å². The monoisotopic (exact) mass is 234 g/mol. The Morgan fingerprint density at radius 2 is 2.18 bits per heavy atom. The number of nitrogens with two attached hydrogens (primary N) is 1. The Morgan fingerprint density at radius 1 is 1.47 bits per heavy atom. The van der Waals surface area contributed by atoms with E-state index in [0.29, 0.717) is 11.5 Å². The van der Waals surface area contributed by atoms with Crippen molar-refractivity contribution in [3.05, 3.63) is 18.3 Å². The Labute approximate surface area is 101 Å². The number of carbonyl (C=O) groups is 1. The van der Waals surface area contributed by atoms with Crippen LogP contribution in [0.1, 0.15) is 19.8 Å². The van der Waals surface area contributed by atoms with Crippen LogP contribution in [-0.2, 0) is 0 Å². The van der Waals surface area contributed by atoms with Crippen molar-refractivity contribution in [2.24, 2.45) is 5.92 Å². The van der Waals surface area contributed by atoms with Gasteiger partial charge in [0.25, 0.3) is 0 Å². The summed E-state index contributed by atoms with van der Waals surface area (Å²) in [6, 6.07) is 3.38. The van der Waals surface area contributed by atoms with Crippen molar-refractivity contribution >= 4 is 17.5 Å². The number of nitrogens with zero attached hydrogens (tertiary/aromatic N) is 2. The summed E-state index contributed by atoms with van der Waals surface area (Å²) in [4.78, 5) is 17.7. The molecule has 2 heterocycles. The number of anilines is 2. The van der Waals surface area contributed by atoms with Crippen LogP contribution in [0.3, 0.4) is 0 Å². The molecule has 0 radical (unpaired) electrons. The Kier molecular flexibility index (Phi) is 3.46. The minimum atomic E-state index is -0.0523. The fourth-order valence-corrected chi connectivity index (χ4v) is 1.89. The molecule has 3 N–H and O–H groups in total. The predicted octanol–water partition coefficient (Wildman–Crippen LogP) is 1.93. The molecule has 1 saturated heterocycles. The normalized spacial score (nSPS) is 16.9. The fraction of sp³-hybridized carbons (Fsp3) is 0.500. The molecule has 0 saturated carbocycles. The largest absolute Gasteiger partial charge is 0.384 e. The number of aromatic nitrogens is 1. The molecule has 5 heteroatoms. The zero-order chi connectivity index (χ0) is 12.3. The van der Waals surface area contributed by atoms with Gasteiger partial charge in [0.1, 0.15) is 5.82 Å². The summed E-state index contributed by atoms with van der Waals surface area (Å²) in [6.07, 6.45) is 3.72. The predicted molar refractivity (Wildman–Crippen MR) is 67.6 cm³/mol. The van der Waals surface area contributed by atoms with Gasteiger partial charge in [-0.2, -0.15) is 0 Å². The van der Waals surface area contributed by atoms with Crippen LogP contribution >= 0.6 is 0 Å². The molecule has 1 aliphatic heterocycles. The lowest BCUT2D eigenvalue weighted by Gasteiger charge is -2.30. The Hall–Kier alpha value is -1.78. The van der Waals surface area contributed by atoms with Gasteiger partial charge in [0, 0.05) is 13.1 Å². The number of piperidine rings is 1. The van der Waals surface area contributed by atoms with E-state index >= 15 is 0 Å². The average molecular weight is 234 g/mol. The Morgan fingerprint density at radius 3 is 2.76 bits per heavy atom. The molecule has 0 atom stereocenters. The van der Waals surface area contributed by atoms with Crippen molar-refractivity contribution in [2.75, 3.05) is 24.1 Å². The molecule has 1 aromatic rings. The maximum Gasteiger partial charge on any atom is 0.321 e. The molecular weight excluding hydrogens is 216 g/mol. The van der Waals surface area contributed by atoms with Crippen LogP contribution < -0.4 is 11.1 Å². The van der Waals surface area contributed by atoms with E-state index in [9.17, 15) is 4.79 Å². The zero-order valence-electron chi connectivity index (χ0n) is 10.0. The van der Waals surface area contributed by atoms with E-state index in [4.69, 9.17) is 5.73 Å². The summed E-state index contributed by atoms with van der Waals surface area (Å²) < 4.78 is 0. The molecule has 0 aliphatic carbocycles. The number of hydrogen-bond acceptors (Lipinski definition) is 3. The highest BCUT2D eigenvalue weighted by Crippen LogP contribution is 2.17. The highest BCUT2D eigenvalue weighted by molar-refractivity contribution is 5.89. The van der Waals surface area contributed by atoms with Crippen molar-refractivity contribution in [1.29, 1.82) is 0 Å². The van der Waals surface area contributed by atoms with Gasteiger partial charge in [0.2, 0.25) is 0 Å². The van der Waals surface area contributed by atoms with Crippen molar-refractivity contribution in [2.45, 2.75) is 19.8 Å². The smallest absolute Gasteiger partial charge is 0.321 e. The van der Waals surface area contributed by atoms with Crippen LogP contribution in [0.4, 0.5) is 16.3 Å². The number of carbonyl (C=O) groups excluding carboxylic acids is 1. The first-order valence-electron chi connectivity index (χ1n) is 5.92. The second-order valence-electron chi connectivity index (χ2n) is 4.57. The van der Waals surface area contributed by atoms with Gasteiger partial charge in [-0.05, 0) is 30.9 Å². The number of nitrogen functional groups attached to an aromatic ring is 1. The van der Waals surface area contributed by atoms with Gasteiger partial charge in [-0.3, -0.25) is 0 Å². The lowest BCUT2D eigenvalue weighted by Crippen LogP contribution is -2.40. The molecule has 1 aromatic heterocycles. The van der Waals surface area contributed by atoms with E-state index in [1.807, 2.05) is 4.90 Å². The highest BCUT2D eigenvalue weighted by Gasteiger charge is 2.20. The van der Waals surface area contributed by atoms with E-state index in [1.54, 1.807) is 18.3 Å². The van der Waals surface area contributed by atoms with E-state index in [1.165, 1.54) is 0 Å². The summed E-state index contributed by atoms with van der Waals surface area (Å²) in [5.74, 6) is 1.17. The van der Waals surface area contributed by atoms with Crippen LogP contribution in [0.2, 0.25) is 0 Å². The van der Waals surface area contributed by atoms with Crippen molar-refractivity contribution in [1.82, 2.24) is 9.88 Å². The van der Waals surface area contributed by atoms with Gasteiger partial charge in [-0.1, -0.05) is 6.92 Å². The number of nitrogens with one attached hydrogen (secondary N) is 1. The van der Waals surface area contributed by atoms with Crippen molar-refractivity contribution in [3.8, 4) is 0 Å². The summed E-state index contributed by atoms with van der Waals surface area (Å²) in [7, 11) is 0. The van der Waals surface area contributed by atoms with Crippen LogP contribution in [0, 0.1) is 5.92 Å². The SMILES string of the molecule is CC1CCN(C(=O)Nc2ccc(N)nc2)CC1. The lowest BCUT2D eigenvalue weighted by molar-refractivity contribution is 0.186. The topological polar surface area (TPSA) is 71.2 Å². The van der Waals surface area contributed by atoms with Gasteiger partial charge in [0.15, 0.2) is 0 Å². The molecule has 92 valence electrons. The maximum absolute atomic E-state index is 11.9. The molecule has 1 aliphatic rings. The number of urea groups is 1. The van der Waals surface area contributed by atoms with Crippen LogP contribution in [0.25, 0.3) is 0 Å². The molecule has 2 rings (SSSR count). The van der Waals surface area contributed by atoms with E-state index in [-0.39, 0.29) is 6.03 Å². The number of rotatable bonds is 1. The molecule has 17 heavy (non-hydrogen) atoms. The van der Waals surface area contributed by atoms with E-state index in [2.05, 4.69) is 17.2 Å². The standard InChI is InChI=1S/C12H18N4O/c1-9-4-6-16(7-5-9)12(17)15-10-2-3-11(13)14-8-10/h2-3,8-9H,4-7H2,1H3,(H2,13,14)(H,15,17). The first-order valence-corrected chi connectivity index (χ1v) is 5.92. The van der Waals surface area contributed by atoms with Crippen LogP contribution in [-0.4, -0.2) is 29.0 Å². The summed E-state index contributed by atoms with van der Waals surface area (Å²) in [5, 5.41) is 2.82. The first-order chi connectivity index (χ1) is 8.15. The zero-order valence-corrected chi connectivity index (χ0v) is 10.0. The Bertz CT molecular complexity index is 382. The Balaban J connectivity index is 1.90. The summed E-state index contributed by atoms with van der Waals surface area (Å²) >= 11 is 0. The van der Waals surface area contributed by atoms with Gasteiger partial charge in [-0.25, -0.2) is 9.78 Å². The fourth-order valence-electron chi connectivity index (χ4n) is 1.89. The summed E-state index contributed by atoms with van der Waals surface area (Å²) in [6.45, 7) is 3.88. The minimum Gasteiger partial charge on any atom is -0.384 e. The third kappa shape index (κ3) is 3.09. The molecular formula is C12H18N4O. The molecule has 0 unspecified atom stereocenters. The van der Waals surface area contributed by atoms with Crippen molar-refractivity contribution < 1.29 is 4.79 Å². The number of amides is 2. The molecule has 0 bridgehead atoms.